The molecule has 0 aliphatic heterocycles. The third-order valence-electron chi connectivity index (χ3n) is 2.20. The molecule has 2 nitrogen and oxygen atoms in total. The molecule has 2 aromatic rings. The second-order valence-electron chi connectivity index (χ2n) is 3.17. The minimum absolute atomic E-state index is 0. The SMILES string of the molecule is Cc1ncsc1-c1ccc(CN)cc1.Cl. The molecular weight excluding hydrogens is 228 g/mol. The van der Waals surface area contributed by atoms with Gasteiger partial charge in [0.1, 0.15) is 0 Å². The number of rotatable bonds is 2. The molecule has 0 aliphatic rings. The summed E-state index contributed by atoms with van der Waals surface area (Å²) < 4.78 is 0. The van der Waals surface area contributed by atoms with Crippen molar-refractivity contribution in [3.8, 4) is 10.4 Å². The van der Waals surface area contributed by atoms with Gasteiger partial charge in [-0.1, -0.05) is 24.3 Å². The van der Waals surface area contributed by atoms with Crippen molar-refractivity contribution in [2.45, 2.75) is 13.5 Å². The fourth-order valence-electron chi connectivity index (χ4n) is 1.37. The van der Waals surface area contributed by atoms with Gasteiger partial charge in [-0.05, 0) is 18.1 Å². The topological polar surface area (TPSA) is 38.9 Å². The summed E-state index contributed by atoms with van der Waals surface area (Å²) in [7, 11) is 0. The van der Waals surface area contributed by atoms with Crippen LogP contribution >= 0.6 is 23.7 Å². The molecule has 0 saturated heterocycles. The van der Waals surface area contributed by atoms with Gasteiger partial charge in [-0.15, -0.1) is 23.7 Å². The largest absolute Gasteiger partial charge is 0.326 e. The van der Waals surface area contributed by atoms with Crippen molar-refractivity contribution in [1.82, 2.24) is 4.98 Å². The summed E-state index contributed by atoms with van der Waals surface area (Å²) in [4.78, 5) is 5.47. The number of nitrogens with two attached hydrogens (primary N) is 1. The van der Waals surface area contributed by atoms with Crippen LogP contribution < -0.4 is 5.73 Å². The van der Waals surface area contributed by atoms with Gasteiger partial charge >= 0.3 is 0 Å². The first-order valence-electron chi connectivity index (χ1n) is 4.50. The molecule has 0 atom stereocenters. The summed E-state index contributed by atoms with van der Waals surface area (Å²) in [6.45, 7) is 2.63. The summed E-state index contributed by atoms with van der Waals surface area (Å²) in [5, 5.41) is 0. The van der Waals surface area contributed by atoms with E-state index < -0.39 is 0 Å². The van der Waals surface area contributed by atoms with Gasteiger partial charge in [-0.2, -0.15) is 0 Å². The zero-order chi connectivity index (χ0) is 9.97. The van der Waals surface area contributed by atoms with Gasteiger partial charge in [-0.3, -0.25) is 0 Å². The van der Waals surface area contributed by atoms with Crippen LogP contribution in [0.2, 0.25) is 0 Å². The van der Waals surface area contributed by atoms with Crippen molar-refractivity contribution in [2.75, 3.05) is 0 Å². The van der Waals surface area contributed by atoms with Crippen molar-refractivity contribution < 1.29 is 0 Å². The average molecular weight is 241 g/mol. The molecule has 2 N–H and O–H groups in total. The summed E-state index contributed by atoms with van der Waals surface area (Å²) in [6, 6.07) is 8.33. The van der Waals surface area contributed by atoms with Crippen LogP contribution in [0.1, 0.15) is 11.3 Å². The van der Waals surface area contributed by atoms with Crippen LogP contribution in [0.25, 0.3) is 10.4 Å². The standard InChI is InChI=1S/C11H12N2S.ClH/c1-8-11(14-7-13-8)10-4-2-9(6-12)3-5-10;/h2-5,7H,6,12H2,1H3;1H. The molecule has 0 amide bonds. The number of thiazole rings is 1. The Hall–Kier alpha value is -0.900. The number of halogens is 1. The van der Waals surface area contributed by atoms with E-state index in [0.29, 0.717) is 6.54 Å². The zero-order valence-electron chi connectivity index (χ0n) is 8.43. The van der Waals surface area contributed by atoms with Gasteiger partial charge in [0.15, 0.2) is 0 Å². The second-order valence-corrected chi connectivity index (χ2v) is 4.02. The van der Waals surface area contributed by atoms with Gasteiger partial charge in [0.2, 0.25) is 0 Å². The van der Waals surface area contributed by atoms with E-state index in [1.165, 1.54) is 10.4 Å². The fourth-order valence-corrected chi connectivity index (χ4v) is 2.18. The van der Waals surface area contributed by atoms with Crippen molar-refractivity contribution in [1.29, 1.82) is 0 Å². The first-order chi connectivity index (χ1) is 6.81. The van der Waals surface area contributed by atoms with E-state index in [-0.39, 0.29) is 12.4 Å². The lowest BCUT2D eigenvalue weighted by molar-refractivity contribution is 1.07. The maximum absolute atomic E-state index is 5.54. The molecule has 2 rings (SSSR count). The van der Waals surface area contributed by atoms with E-state index >= 15 is 0 Å². The molecule has 0 fully saturated rings. The molecule has 1 heterocycles. The van der Waals surface area contributed by atoms with E-state index in [1.807, 2.05) is 12.4 Å². The molecule has 0 radical (unpaired) electrons. The van der Waals surface area contributed by atoms with Crippen LogP contribution in [0.3, 0.4) is 0 Å². The minimum Gasteiger partial charge on any atom is -0.326 e. The normalized spacial score (nSPS) is 9.73. The van der Waals surface area contributed by atoms with E-state index in [1.54, 1.807) is 11.3 Å². The molecule has 1 aromatic carbocycles. The quantitative estimate of drug-likeness (QED) is 0.877. The van der Waals surface area contributed by atoms with Crippen molar-refractivity contribution in [2.24, 2.45) is 5.73 Å². The predicted molar refractivity (Wildman–Crippen MR) is 67.4 cm³/mol. The first-order valence-corrected chi connectivity index (χ1v) is 5.38. The fraction of sp³-hybridized carbons (Fsp3) is 0.182. The Labute approximate surface area is 99.6 Å². The molecule has 0 aliphatic carbocycles. The Morgan fingerprint density at radius 1 is 1.27 bits per heavy atom. The molecule has 80 valence electrons. The lowest BCUT2D eigenvalue weighted by atomic mass is 10.1. The van der Waals surface area contributed by atoms with E-state index in [9.17, 15) is 0 Å². The predicted octanol–water partition coefficient (Wildman–Crippen LogP) is 3.00. The van der Waals surface area contributed by atoms with Gasteiger partial charge in [0, 0.05) is 6.54 Å². The number of aryl methyl sites for hydroxylation is 1. The maximum atomic E-state index is 5.54. The summed E-state index contributed by atoms with van der Waals surface area (Å²) in [5.41, 5.74) is 10.9. The van der Waals surface area contributed by atoms with Gasteiger partial charge in [0.25, 0.3) is 0 Å². The van der Waals surface area contributed by atoms with Gasteiger partial charge in [-0.25, -0.2) is 4.98 Å². The summed E-state index contributed by atoms with van der Waals surface area (Å²) in [6.07, 6.45) is 0. The molecule has 0 bridgehead atoms. The Bertz CT molecular complexity index is 422. The van der Waals surface area contributed by atoms with Crippen LogP contribution in [0, 0.1) is 6.92 Å². The smallest absolute Gasteiger partial charge is 0.0801 e. The maximum Gasteiger partial charge on any atom is 0.0801 e. The lowest BCUT2D eigenvalue weighted by Gasteiger charge is -2.00. The van der Waals surface area contributed by atoms with E-state index in [4.69, 9.17) is 5.73 Å². The average Bonchev–Trinajstić information content (AvgIpc) is 2.65. The van der Waals surface area contributed by atoms with Crippen molar-refractivity contribution in [3.05, 3.63) is 41.0 Å². The number of benzene rings is 1. The van der Waals surface area contributed by atoms with E-state index in [0.717, 1.165) is 11.3 Å². The van der Waals surface area contributed by atoms with Crippen molar-refractivity contribution >= 4 is 23.7 Å². The third kappa shape index (κ3) is 2.56. The Morgan fingerprint density at radius 2 is 1.93 bits per heavy atom. The highest BCUT2D eigenvalue weighted by Crippen LogP contribution is 2.26. The highest BCUT2D eigenvalue weighted by molar-refractivity contribution is 7.13. The van der Waals surface area contributed by atoms with Crippen LogP contribution in [0.5, 0.6) is 0 Å². The van der Waals surface area contributed by atoms with Crippen LogP contribution in [-0.2, 0) is 6.54 Å². The zero-order valence-corrected chi connectivity index (χ0v) is 10.1. The molecule has 0 unspecified atom stereocenters. The Kier molecular flexibility index (Phi) is 4.27. The molecule has 4 heteroatoms. The molecule has 15 heavy (non-hydrogen) atoms. The third-order valence-corrected chi connectivity index (χ3v) is 3.17. The van der Waals surface area contributed by atoms with Gasteiger partial charge < -0.3 is 5.73 Å². The highest BCUT2D eigenvalue weighted by atomic mass is 35.5. The van der Waals surface area contributed by atoms with Crippen LogP contribution in [0.15, 0.2) is 29.8 Å². The Morgan fingerprint density at radius 3 is 2.40 bits per heavy atom. The minimum atomic E-state index is 0. The van der Waals surface area contributed by atoms with Crippen molar-refractivity contribution in [3.63, 3.8) is 0 Å². The molecule has 1 aromatic heterocycles. The van der Waals surface area contributed by atoms with E-state index in [2.05, 4.69) is 29.2 Å². The monoisotopic (exact) mass is 240 g/mol. The summed E-state index contributed by atoms with van der Waals surface area (Å²) in [5.74, 6) is 0. The lowest BCUT2D eigenvalue weighted by Crippen LogP contribution is -1.95. The number of hydrogen-bond donors (Lipinski definition) is 1. The van der Waals surface area contributed by atoms with Gasteiger partial charge in [0.05, 0.1) is 16.1 Å². The van der Waals surface area contributed by atoms with Crippen LogP contribution in [-0.4, -0.2) is 4.98 Å². The highest BCUT2D eigenvalue weighted by Gasteiger charge is 2.03. The molecule has 0 saturated carbocycles. The summed E-state index contributed by atoms with van der Waals surface area (Å²) >= 11 is 1.67. The first kappa shape index (κ1) is 12.2. The number of hydrogen-bond acceptors (Lipinski definition) is 3. The van der Waals surface area contributed by atoms with Crippen LogP contribution in [0.4, 0.5) is 0 Å². The Balaban J connectivity index is 0.00000112. The molecule has 0 spiro atoms. The second kappa shape index (κ2) is 5.26. The number of aromatic nitrogens is 1. The number of nitrogens with zero attached hydrogens (tertiary/aromatic N) is 1. The molecular formula is C11H13ClN2S.